The highest BCUT2D eigenvalue weighted by molar-refractivity contribution is 7.99. The molecule has 1 aliphatic rings. The van der Waals surface area contributed by atoms with Gasteiger partial charge in [0.1, 0.15) is 17.6 Å². The van der Waals surface area contributed by atoms with Gasteiger partial charge in [-0.1, -0.05) is 6.92 Å². The van der Waals surface area contributed by atoms with Crippen LogP contribution in [0.25, 0.3) is 0 Å². The molecule has 5 nitrogen and oxygen atoms in total. The third-order valence-electron chi connectivity index (χ3n) is 2.61. The normalized spacial score (nSPS) is 31.8. The van der Waals surface area contributed by atoms with Crippen LogP contribution >= 0.6 is 11.8 Å². The lowest BCUT2D eigenvalue weighted by Gasteiger charge is -2.38. The van der Waals surface area contributed by atoms with Gasteiger partial charge in [0.25, 0.3) is 0 Å². The van der Waals surface area contributed by atoms with Crippen molar-refractivity contribution in [3.05, 3.63) is 0 Å². The molecular weight excluding hydrogens is 256 g/mol. The minimum absolute atomic E-state index is 0.190. The Balaban J connectivity index is 2.68. The molecule has 0 aliphatic carbocycles. The average molecular weight is 276 g/mol. The Bertz CT molecular complexity index is 307. The first-order valence-electron chi connectivity index (χ1n) is 6.05. The van der Waals surface area contributed by atoms with E-state index in [1.54, 1.807) is 11.8 Å². The van der Waals surface area contributed by atoms with E-state index in [1.807, 2.05) is 13.8 Å². The Kier molecular flexibility index (Phi) is 5.95. The largest absolute Gasteiger partial charge is 0.460 e. The van der Waals surface area contributed by atoms with Crippen LogP contribution in [0.1, 0.15) is 34.1 Å². The molecule has 0 N–H and O–H groups in total. The molecule has 104 valence electrons. The summed E-state index contributed by atoms with van der Waals surface area (Å²) in [6, 6.07) is 0. The molecule has 0 spiro atoms. The standard InChI is InChI=1S/C12H20O5S/c1-5-18-12-11(17-9(4)14)6-10(7(2)15-12)16-8(3)13/h7,10-12H,5-6H2,1-4H3/t7-,10-,11-,12-/m1/s1. The van der Waals surface area contributed by atoms with Crippen LogP contribution in [-0.2, 0) is 23.8 Å². The Hall–Kier alpha value is -0.750. The molecule has 0 bridgehead atoms. The van der Waals surface area contributed by atoms with Gasteiger partial charge in [0.2, 0.25) is 0 Å². The molecule has 1 fully saturated rings. The van der Waals surface area contributed by atoms with Crippen molar-refractivity contribution in [2.24, 2.45) is 0 Å². The van der Waals surface area contributed by atoms with Crippen LogP contribution in [0.5, 0.6) is 0 Å². The quantitative estimate of drug-likeness (QED) is 0.729. The van der Waals surface area contributed by atoms with Gasteiger partial charge >= 0.3 is 11.9 Å². The summed E-state index contributed by atoms with van der Waals surface area (Å²) in [6.45, 7) is 6.61. The molecule has 0 aromatic carbocycles. The minimum Gasteiger partial charge on any atom is -0.460 e. The fraction of sp³-hybridized carbons (Fsp3) is 0.833. The maximum Gasteiger partial charge on any atom is 0.303 e. The van der Waals surface area contributed by atoms with Crippen LogP contribution in [0.3, 0.4) is 0 Å². The summed E-state index contributed by atoms with van der Waals surface area (Å²) < 4.78 is 16.2. The lowest BCUT2D eigenvalue weighted by atomic mass is 10.0. The van der Waals surface area contributed by atoms with Crippen molar-refractivity contribution in [1.82, 2.24) is 0 Å². The molecule has 0 aromatic heterocycles. The Morgan fingerprint density at radius 1 is 1.22 bits per heavy atom. The van der Waals surface area contributed by atoms with Crippen LogP contribution in [0.4, 0.5) is 0 Å². The molecular formula is C12H20O5S. The molecule has 0 radical (unpaired) electrons. The number of carbonyl (C=O) groups is 2. The SMILES string of the molecule is CCS[C@H]1O[C@H](C)[C@H](OC(C)=O)C[C@H]1OC(C)=O. The zero-order valence-electron chi connectivity index (χ0n) is 11.2. The second-order valence-electron chi connectivity index (χ2n) is 4.20. The van der Waals surface area contributed by atoms with Crippen molar-refractivity contribution < 1.29 is 23.8 Å². The van der Waals surface area contributed by atoms with E-state index in [-0.39, 0.29) is 35.7 Å². The summed E-state index contributed by atoms with van der Waals surface area (Å²) in [4.78, 5) is 22.1. The summed E-state index contributed by atoms with van der Waals surface area (Å²) >= 11 is 1.59. The molecule has 4 atom stereocenters. The van der Waals surface area contributed by atoms with E-state index in [0.717, 1.165) is 5.75 Å². The maximum atomic E-state index is 11.1. The molecule has 18 heavy (non-hydrogen) atoms. The number of thioether (sulfide) groups is 1. The van der Waals surface area contributed by atoms with Crippen molar-refractivity contribution in [3.63, 3.8) is 0 Å². The van der Waals surface area contributed by atoms with Gasteiger partial charge in [-0.3, -0.25) is 9.59 Å². The second kappa shape index (κ2) is 6.99. The Labute approximate surface area is 112 Å². The van der Waals surface area contributed by atoms with Gasteiger partial charge in [-0.25, -0.2) is 0 Å². The summed E-state index contributed by atoms with van der Waals surface area (Å²) in [5.74, 6) is 0.174. The van der Waals surface area contributed by atoms with Crippen molar-refractivity contribution in [1.29, 1.82) is 0 Å². The first-order valence-corrected chi connectivity index (χ1v) is 7.10. The number of carbonyl (C=O) groups excluding carboxylic acids is 2. The molecule has 0 aromatic rings. The highest BCUT2D eigenvalue weighted by atomic mass is 32.2. The van der Waals surface area contributed by atoms with E-state index in [4.69, 9.17) is 14.2 Å². The maximum absolute atomic E-state index is 11.1. The molecule has 0 unspecified atom stereocenters. The Morgan fingerprint density at radius 2 is 1.78 bits per heavy atom. The molecule has 1 aliphatic heterocycles. The number of hydrogen-bond donors (Lipinski definition) is 0. The number of esters is 2. The third kappa shape index (κ3) is 4.49. The molecule has 0 amide bonds. The van der Waals surface area contributed by atoms with Gasteiger partial charge in [0.05, 0.1) is 6.10 Å². The summed E-state index contributed by atoms with van der Waals surface area (Å²) in [5.41, 5.74) is -0.194. The lowest BCUT2D eigenvalue weighted by molar-refractivity contribution is -0.184. The fourth-order valence-electron chi connectivity index (χ4n) is 1.90. The first kappa shape index (κ1) is 15.3. The van der Waals surface area contributed by atoms with Crippen molar-refractivity contribution in [2.45, 2.75) is 57.9 Å². The first-order chi connectivity index (χ1) is 8.43. The topological polar surface area (TPSA) is 61.8 Å². The predicted molar refractivity (Wildman–Crippen MR) is 68.2 cm³/mol. The van der Waals surface area contributed by atoms with E-state index in [1.165, 1.54) is 13.8 Å². The van der Waals surface area contributed by atoms with Gasteiger partial charge < -0.3 is 14.2 Å². The highest BCUT2D eigenvalue weighted by Gasteiger charge is 2.39. The number of rotatable bonds is 4. The number of ether oxygens (including phenoxy) is 3. The van der Waals surface area contributed by atoms with E-state index in [9.17, 15) is 9.59 Å². The minimum atomic E-state index is -0.368. The van der Waals surface area contributed by atoms with Crippen LogP contribution in [0, 0.1) is 0 Å². The van der Waals surface area contributed by atoms with Crippen molar-refractivity contribution in [2.75, 3.05) is 5.75 Å². The average Bonchev–Trinajstić information content (AvgIpc) is 2.23. The van der Waals surface area contributed by atoms with Crippen molar-refractivity contribution >= 4 is 23.7 Å². The summed E-state index contributed by atoms with van der Waals surface area (Å²) in [6.07, 6.45) is -0.434. The molecule has 1 rings (SSSR count). The molecule has 6 heteroatoms. The molecule has 1 heterocycles. The molecule has 0 saturated carbocycles. The van der Waals surface area contributed by atoms with E-state index in [0.29, 0.717) is 6.42 Å². The smallest absolute Gasteiger partial charge is 0.303 e. The van der Waals surface area contributed by atoms with Crippen LogP contribution in [0.2, 0.25) is 0 Å². The second-order valence-corrected chi connectivity index (χ2v) is 5.57. The van der Waals surface area contributed by atoms with E-state index >= 15 is 0 Å². The van der Waals surface area contributed by atoms with Gasteiger partial charge in [-0.2, -0.15) is 0 Å². The lowest BCUT2D eigenvalue weighted by Crippen LogP contribution is -2.47. The predicted octanol–water partition coefficient (Wildman–Crippen LogP) is 1.74. The zero-order chi connectivity index (χ0) is 13.7. The summed E-state index contributed by atoms with van der Waals surface area (Å²) in [5, 5.41) is 0. The van der Waals surface area contributed by atoms with Gasteiger partial charge in [-0.05, 0) is 12.7 Å². The van der Waals surface area contributed by atoms with E-state index < -0.39 is 0 Å². The van der Waals surface area contributed by atoms with Crippen LogP contribution < -0.4 is 0 Å². The highest BCUT2D eigenvalue weighted by Crippen LogP contribution is 2.31. The van der Waals surface area contributed by atoms with E-state index in [2.05, 4.69) is 0 Å². The summed E-state index contributed by atoms with van der Waals surface area (Å²) in [7, 11) is 0. The third-order valence-corrected chi connectivity index (χ3v) is 3.68. The fourth-order valence-corrected chi connectivity index (χ4v) is 2.87. The zero-order valence-corrected chi connectivity index (χ0v) is 12.0. The number of hydrogen-bond acceptors (Lipinski definition) is 6. The molecule has 1 saturated heterocycles. The van der Waals surface area contributed by atoms with Gasteiger partial charge in [-0.15, -0.1) is 11.8 Å². The van der Waals surface area contributed by atoms with Crippen LogP contribution in [0.15, 0.2) is 0 Å². The van der Waals surface area contributed by atoms with Gasteiger partial charge in [0, 0.05) is 20.3 Å². The monoisotopic (exact) mass is 276 g/mol. The van der Waals surface area contributed by atoms with Crippen LogP contribution in [-0.4, -0.2) is 41.4 Å². The Morgan fingerprint density at radius 3 is 2.28 bits per heavy atom. The van der Waals surface area contributed by atoms with Crippen molar-refractivity contribution in [3.8, 4) is 0 Å². The van der Waals surface area contributed by atoms with Gasteiger partial charge in [0.15, 0.2) is 0 Å².